The van der Waals surface area contributed by atoms with Crippen LogP contribution in [0.3, 0.4) is 0 Å². The van der Waals surface area contributed by atoms with Crippen LogP contribution in [-0.4, -0.2) is 24.0 Å². The summed E-state index contributed by atoms with van der Waals surface area (Å²) in [5, 5.41) is 2.31. The monoisotopic (exact) mass is 499 g/mol. The van der Waals surface area contributed by atoms with Crippen LogP contribution in [0, 0.1) is 9.39 Å². The summed E-state index contributed by atoms with van der Waals surface area (Å²) in [6.45, 7) is 0. The van der Waals surface area contributed by atoms with Crippen LogP contribution < -0.4 is 20.9 Å². The van der Waals surface area contributed by atoms with E-state index in [4.69, 9.17) is 17.0 Å². The Morgan fingerprint density at radius 2 is 1.85 bits per heavy atom. The molecule has 0 saturated carbocycles. The predicted molar refractivity (Wildman–Crippen MR) is 112 cm³/mol. The number of hydrazine groups is 1. The van der Waals surface area contributed by atoms with Gasteiger partial charge in [-0.15, -0.1) is 0 Å². The van der Waals surface area contributed by atoms with Gasteiger partial charge in [0.1, 0.15) is 11.6 Å². The molecular formula is C18H15FIN3O3S. The van der Waals surface area contributed by atoms with Gasteiger partial charge in [-0.25, -0.2) is 4.39 Å². The fourth-order valence-corrected chi connectivity index (χ4v) is 2.81. The molecule has 6 nitrogen and oxygen atoms in total. The molecule has 0 saturated heterocycles. The topological polar surface area (TPSA) is 79.5 Å². The summed E-state index contributed by atoms with van der Waals surface area (Å²) in [5.41, 5.74) is 5.90. The van der Waals surface area contributed by atoms with E-state index in [1.807, 2.05) is 0 Å². The number of halogens is 2. The normalized spacial score (nSPS) is 10.3. The highest BCUT2D eigenvalue weighted by Gasteiger charge is 2.09. The Labute approximate surface area is 174 Å². The van der Waals surface area contributed by atoms with Crippen LogP contribution in [0.5, 0.6) is 5.75 Å². The first-order chi connectivity index (χ1) is 12.9. The maximum Gasteiger partial charge on any atom is 0.269 e. The lowest BCUT2D eigenvalue weighted by molar-refractivity contribution is -0.115. The number of amides is 2. The zero-order valence-electron chi connectivity index (χ0n) is 14.1. The van der Waals surface area contributed by atoms with Crippen LogP contribution in [-0.2, 0) is 4.79 Å². The zero-order chi connectivity index (χ0) is 19.8. The molecule has 2 amide bonds. The first-order valence-electron chi connectivity index (χ1n) is 7.57. The molecule has 0 unspecified atom stereocenters. The van der Waals surface area contributed by atoms with Gasteiger partial charge < -0.3 is 4.74 Å². The van der Waals surface area contributed by atoms with Crippen LogP contribution in [0.15, 0.2) is 48.5 Å². The van der Waals surface area contributed by atoms with Crippen molar-refractivity contribution in [3.05, 3.63) is 69.1 Å². The van der Waals surface area contributed by atoms with Gasteiger partial charge in [0.25, 0.3) is 5.91 Å². The number of methoxy groups -OCH3 is 1. The molecule has 3 N–H and O–H groups in total. The molecule has 0 aliphatic rings. The van der Waals surface area contributed by atoms with E-state index in [-0.39, 0.29) is 10.9 Å². The number of carbonyl (C=O) groups excluding carboxylic acids is 2. The molecule has 0 bridgehead atoms. The van der Waals surface area contributed by atoms with Crippen molar-refractivity contribution in [1.82, 2.24) is 16.2 Å². The lowest BCUT2D eigenvalue weighted by Gasteiger charge is -2.10. The number of nitrogens with one attached hydrogen (secondary N) is 3. The second-order valence-electron chi connectivity index (χ2n) is 5.13. The minimum absolute atomic E-state index is 0.0692. The summed E-state index contributed by atoms with van der Waals surface area (Å²) < 4.78 is 18.7. The molecule has 0 aliphatic carbocycles. The molecular weight excluding hydrogens is 484 g/mol. The van der Waals surface area contributed by atoms with Crippen LogP contribution in [0.2, 0.25) is 0 Å². The largest absolute Gasteiger partial charge is 0.496 e. The second kappa shape index (κ2) is 9.97. The van der Waals surface area contributed by atoms with Crippen LogP contribution in [0.1, 0.15) is 15.9 Å². The molecule has 27 heavy (non-hydrogen) atoms. The van der Waals surface area contributed by atoms with Crippen molar-refractivity contribution < 1.29 is 18.7 Å². The summed E-state index contributed by atoms with van der Waals surface area (Å²) in [7, 11) is 1.55. The average molecular weight is 499 g/mol. The number of thiocarbonyl (C=S) groups is 1. The molecule has 0 aliphatic heterocycles. The standard InChI is InChI=1S/C18H15FIN3O3S/c1-26-15-8-5-12(10-14(15)20)17(25)22-23-18(27)21-16(24)9-4-11-2-6-13(19)7-3-11/h2-10H,1H3,(H,22,25)(H2,21,23,24,27). The summed E-state index contributed by atoms with van der Waals surface area (Å²) in [5.74, 6) is -0.612. The summed E-state index contributed by atoms with van der Waals surface area (Å²) in [6.07, 6.45) is 2.75. The van der Waals surface area contributed by atoms with Crippen molar-refractivity contribution in [3.63, 3.8) is 0 Å². The summed E-state index contributed by atoms with van der Waals surface area (Å²) in [6, 6.07) is 10.6. The molecule has 2 aromatic rings. The maximum absolute atomic E-state index is 12.8. The lowest BCUT2D eigenvalue weighted by Crippen LogP contribution is -2.48. The van der Waals surface area contributed by atoms with E-state index in [9.17, 15) is 14.0 Å². The Hall–Kier alpha value is -2.53. The summed E-state index contributed by atoms with van der Waals surface area (Å²) >= 11 is 7.01. The summed E-state index contributed by atoms with van der Waals surface area (Å²) in [4.78, 5) is 23.9. The molecule has 9 heteroatoms. The van der Waals surface area contributed by atoms with Crippen LogP contribution in [0.4, 0.5) is 4.39 Å². The average Bonchev–Trinajstić information content (AvgIpc) is 2.65. The van der Waals surface area contributed by atoms with Gasteiger partial charge in [0.05, 0.1) is 10.7 Å². The van der Waals surface area contributed by atoms with Crippen molar-refractivity contribution >= 4 is 57.8 Å². The lowest BCUT2D eigenvalue weighted by atomic mass is 10.2. The third kappa shape index (κ3) is 6.61. The van der Waals surface area contributed by atoms with Crippen molar-refractivity contribution in [2.45, 2.75) is 0 Å². The molecule has 0 atom stereocenters. The van der Waals surface area contributed by atoms with E-state index in [0.29, 0.717) is 16.9 Å². The molecule has 0 fully saturated rings. The maximum atomic E-state index is 12.8. The third-order valence-electron chi connectivity index (χ3n) is 3.24. The first-order valence-corrected chi connectivity index (χ1v) is 9.06. The van der Waals surface area contributed by atoms with Gasteiger partial charge in [-0.1, -0.05) is 12.1 Å². The van der Waals surface area contributed by atoms with E-state index in [1.165, 1.54) is 36.4 Å². The highest BCUT2D eigenvalue weighted by atomic mass is 127. The first kappa shape index (κ1) is 20.8. The van der Waals surface area contributed by atoms with Crippen molar-refractivity contribution in [3.8, 4) is 5.75 Å². The highest BCUT2D eigenvalue weighted by Crippen LogP contribution is 2.21. The van der Waals surface area contributed by atoms with E-state index < -0.39 is 11.8 Å². The molecule has 2 rings (SSSR count). The highest BCUT2D eigenvalue weighted by molar-refractivity contribution is 14.1. The number of hydrogen-bond acceptors (Lipinski definition) is 4. The van der Waals surface area contributed by atoms with Gasteiger partial charge in [0, 0.05) is 11.6 Å². The molecule has 140 valence electrons. The number of hydrogen-bond donors (Lipinski definition) is 3. The minimum atomic E-state index is -0.495. The third-order valence-corrected chi connectivity index (χ3v) is 4.28. The number of carbonyl (C=O) groups is 2. The number of rotatable bonds is 4. The predicted octanol–water partition coefficient (Wildman–Crippen LogP) is 2.79. The molecule has 0 spiro atoms. The second-order valence-corrected chi connectivity index (χ2v) is 6.70. The van der Waals surface area contributed by atoms with Crippen LogP contribution in [0.25, 0.3) is 6.08 Å². The van der Waals surface area contributed by atoms with E-state index in [0.717, 1.165) is 3.57 Å². The molecule has 0 heterocycles. The number of benzene rings is 2. The van der Waals surface area contributed by atoms with Gasteiger partial charge in [-0.2, -0.15) is 0 Å². The Morgan fingerprint density at radius 1 is 1.15 bits per heavy atom. The molecule has 0 aromatic heterocycles. The smallest absolute Gasteiger partial charge is 0.269 e. The Bertz CT molecular complexity index is 888. The zero-order valence-corrected chi connectivity index (χ0v) is 17.1. The Kier molecular flexibility index (Phi) is 7.67. The van der Waals surface area contributed by atoms with Crippen LogP contribution >= 0.6 is 34.8 Å². The van der Waals surface area contributed by atoms with Gasteiger partial charge in [-0.3, -0.25) is 25.8 Å². The molecule has 0 radical (unpaired) electrons. The van der Waals surface area contributed by atoms with Crippen molar-refractivity contribution in [2.24, 2.45) is 0 Å². The van der Waals surface area contributed by atoms with Crippen molar-refractivity contribution in [2.75, 3.05) is 7.11 Å². The van der Waals surface area contributed by atoms with Crippen molar-refractivity contribution in [1.29, 1.82) is 0 Å². The fraction of sp³-hybridized carbons (Fsp3) is 0.0556. The van der Waals surface area contributed by atoms with Gasteiger partial charge >= 0.3 is 0 Å². The quantitative estimate of drug-likeness (QED) is 0.261. The molecule has 2 aromatic carbocycles. The van der Waals surface area contributed by atoms with E-state index >= 15 is 0 Å². The van der Waals surface area contributed by atoms with Gasteiger partial charge in [0.15, 0.2) is 5.11 Å². The SMILES string of the molecule is COc1ccc(C(=O)NNC(=S)NC(=O)C=Cc2ccc(F)cc2)cc1I. The Morgan fingerprint density at radius 3 is 2.48 bits per heavy atom. The van der Waals surface area contributed by atoms with Gasteiger partial charge in [-0.05, 0) is 76.8 Å². The Balaban J connectivity index is 1.82. The van der Waals surface area contributed by atoms with E-state index in [2.05, 4.69) is 38.8 Å². The fourth-order valence-electron chi connectivity index (χ4n) is 1.92. The minimum Gasteiger partial charge on any atom is -0.496 e. The number of ether oxygens (including phenoxy) is 1. The van der Waals surface area contributed by atoms with Gasteiger partial charge in [0.2, 0.25) is 5.91 Å². The van der Waals surface area contributed by atoms with E-state index in [1.54, 1.807) is 25.3 Å².